The molecule has 1 aromatic heterocycles. The van der Waals surface area contributed by atoms with Crippen molar-refractivity contribution in [2.24, 2.45) is 0 Å². The third-order valence-corrected chi connectivity index (χ3v) is 1.78. The van der Waals surface area contributed by atoms with Crippen molar-refractivity contribution in [3.05, 3.63) is 22.1 Å². The molecule has 7 heteroatoms. The van der Waals surface area contributed by atoms with Crippen LogP contribution in [0.25, 0.3) is 0 Å². The van der Waals surface area contributed by atoms with Gasteiger partial charge in [0.05, 0.1) is 12.5 Å². The standard InChI is InChI=1S/C6H8ClN3O3/c7-2-4(11)1-5-8-3-6(9-5)10(12)13/h3-4,11H,1-2H2,(H,8,9). The highest BCUT2D eigenvalue weighted by Gasteiger charge is 2.13. The molecular weight excluding hydrogens is 198 g/mol. The van der Waals surface area contributed by atoms with Gasteiger partial charge >= 0.3 is 5.82 Å². The van der Waals surface area contributed by atoms with Gasteiger partial charge in [-0.25, -0.2) is 9.97 Å². The van der Waals surface area contributed by atoms with Crippen LogP contribution in [0.2, 0.25) is 0 Å². The number of imidazole rings is 1. The van der Waals surface area contributed by atoms with E-state index in [2.05, 4.69) is 9.97 Å². The van der Waals surface area contributed by atoms with Gasteiger partial charge in [0.15, 0.2) is 5.82 Å². The molecule has 1 atom stereocenters. The van der Waals surface area contributed by atoms with Crippen LogP contribution in [-0.4, -0.2) is 32.0 Å². The van der Waals surface area contributed by atoms with Gasteiger partial charge < -0.3 is 15.2 Å². The summed E-state index contributed by atoms with van der Waals surface area (Å²) in [5, 5.41) is 19.3. The molecule has 0 saturated heterocycles. The second-order valence-electron chi connectivity index (χ2n) is 2.48. The highest BCUT2D eigenvalue weighted by atomic mass is 35.5. The Morgan fingerprint density at radius 3 is 3.00 bits per heavy atom. The Hall–Kier alpha value is -1.14. The van der Waals surface area contributed by atoms with E-state index in [0.29, 0.717) is 5.82 Å². The Morgan fingerprint density at radius 1 is 1.85 bits per heavy atom. The molecule has 0 amide bonds. The van der Waals surface area contributed by atoms with Gasteiger partial charge in [0.25, 0.3) is 0 Å². The van der Waals surface area contributed by atoms with Crippen LogP contribution >= 0.6 is 11.6 Å². The molecule has 1 unspecified atom stereocenters. The summed E-state index contributed by atoms with van der Waals surface area (Å²) in [5.74, 6) is 0.255. The Kier molecular flexibility index (Phi) is 3.21. The third kappa shape index (κ3) is 2.67. The highest BCUT2D eigenvalue weighted by Crippen LogP contribution is 2.07. The van der Waals surface area contributed by atoms with Crippen molar-refractivity contribution in [1.29, 1.82) is 0 Å². The average molecular weight is 206 g/mol. The summed E-state index contributed by atoms with van der Waals surface area (Å²) in [6.07, 6.45) is 0.570. The van der Waals surface area contributed by atoms with Crippen molar-refractivity contribution in [3.8, 4) is 0 Å². The van der Waals surface area contributed by atoms with Crippen LogP contribution in [0.4, 0.5) is 5.82 Å². The predicted molar refractivity (Wildman–Crippen MR) is 45.7 cm³/mol. The van der Waals surface area contributed by atoms with Crippen molar-refractivity contribution < 1.29 is 10.0 Å². The molecule has 72 valence electrons. The molecule has 13 heavy (non-hydrogen) atoms. The lowest BCUT2D eigenvalue weighted by atomic mass is 10.3. The maximum absolute atomic E-state index is 10.2. The lowest BCUT2D eigenvalue weighted by molar-refractivity contribution is -0.389. The molecule has 1 heterocycles. The second kappa shape index (κ2) is 4.20. The molecular formula is C6H8ClN3O3. The Labute approximate surface area is 78.7 Å². The number of nitrogens with zero attached hydrogens (tertiary/aromatic N) is 2. The first-order valence-corrected chi connectivity index (χ1v) is 4.09. The number of halogens is 1. The zero-order chi connectivity index (χ0) is 9.84. The van der Waals surface area contributed by atoms with E-state index in [-0.39, 0.29) is 18.1 Å². The summed E-state index contributed by atoms with van der Waals surface area (Å²) in [6, 6.07) is 0. The van der Waals surface area contributed by atoms with Gasteiger partial charge in [0.2, 0.25) is 0 Å². The van der Waals surface area contributed by atoms with Crippen LogP contribution in [0, 0.1) is 10.1 Å². The molecule has 0 fully saturated rings. The quantitative estimate of drug-likeness (QED) is 0.424. The van der Waals surface area contributed by atoms with Crippen LogP contribution < -0.4 is 0 Å². The minimum absolute atomic E-state index is 0.0779. The fraction of sp³-hybridized carbons (Fsp3) is 0.500. The van der Waals surface area contributed by atoms with Crippen LogP contribution in [0.5, 0.6) is 0 Å². The summed E-state index contributed by atoms with van der Waals surface area (Å²) < 4.78 is 0. The fourth-order valence-electron chi connectivity index (χ4n) is 0.826. The maximum Gasteiger partial charge on any atom is 0.340 e. The van der Waals surface area contributed by atoms with Crippen molar-refractivity contribution in [2.75, 3.05) is 5.88 Å². The molecule has 0 bridgehead atoms. The largest absolute Gasteiger partial charge is 0.391 e. The maximum atomic E-state index is 10.2. The SMILES string of the molecule is O=[N+]([O-])c1cnc(CC(O)CCl)[nH]1. The molecule has 1 rings (SSSR count). The Balaban J connectivity index is 2.64. The van der Waals surface area contributed by atoms with Gasteiger partial charge in [-0.15, -0.1) is 11.6 Å². The number of alkyl halides is 1. The molecule has 0 radical (unpaired) electrons. The van der Waals surface area contributed by atoms with Gasteiger partial charge in [-0.05, 0) is 4.92 Å². The second-order valence-corrected chi connectivity index (χ2v) is 2.79. The number of H-pyrrole nitrogens is 1. The number of hydrogen-bond donors (Lipinski definition) is 2. The number of hydrogen-bond acceptors (Lipinski definition) is 4. The van der Waals surface area contributed by atoms with Crippen molar-refractivity contribution in [2.45, 2.75) is 12.5 Å². The number of aliphatic hydroxyl groups is 1. The van der Waals surface area contributed by atoms with Crippen LogP contribution in [0.1, 0.15) is 5.82 Å². The molecule has 0 aromatic carbocycles. The molecule has 2 N–H and O–H groups in total. The molecule has 0 aliphatic heterocycles. The lowest BCUT2D eigenvalue weighted by Gasteiger charge is -1.99. The third-order valence-electron chi connectivity index (χ3n) is 1.42. The topological polar surface area (TPSA) is 92.1 Å². The summed E-state index contributed by atoms with van der Waals surface area (Å²) >= 11 is 5.35. The number of aliphatic hydroxyl groups excluding tert-OH is 1. The minimum Gasteiger partial charge on any atom is -0.391 e. The molecule has 6 nitrogen and oxygen atoms in total. The molecule has 0 spiro atoms. The van der Waals surface area contributed by atoms with Gasteiger partial charge in [0, 0.05) is 5.88 Å². The number of rotatable bonds is 4. The number of nitro groups is 1. The van der Waals surface area contributed by atoms with Crippen molar-refractivity contribution in [1.82, 2.24) is 9.97 Å². The number of aromatic amines is 1. The van der Waals surface area contributed by atoms with E-state index in [1.165, 1.54) is 0 Å². The summed E-state index contributed by atoms with van der Waals surface area (Å²) in [6.45, 7) is 0. The van der Waals surface area contributed by atoms with Crippen molar-refractivity contribution >= 4 is 17.4 Å². The first-order valence-electron chi connectivity index (χ1n) is 3.55. The first kappa shape index (κ1) is 9.94. The van der Waals surface area contributed by atoms with Crippen LogP contribution in [0.3, 0.4) is 0 Å². The van der Waals surface area contributed by atoms with Gasteiger partial charge in [0.1, 0.15) is 6.20 Å². The Morgan fingerprint density at radius 2 is 2.54 bits per heavy atom. The zero-order valence-electron chi connectivity index (χ0n) is 6.61. The zero-order valence-corrected chi connectivity index (χ0v) is 7.36. The van der Waals surface area contributed by atoms with E-state index in [9.17, 15) is 10.1 Å². The van der Waals surface area contributed by atoms with E-state index in [4.69, 9.17) is 16.7 Å². The monoisotopic (exact) mass is 205 g/mol. The normalized spacial score (nSPS) is 12.8. The average Bonchev–Trinajstić information content (AvgIpc) is 2.52. The molecule has 0 aliphatic rings. The van der Waals surface area contributed by atoms with E-state index in [1.54, 1.807) is 0 Å². The predicted octanol–water partition coefficient (Wildman–Crippen LogP) is 0.460. The van der Waals surface area contributed by atoms with Crippen LogP contribution in [0.15, 0.2) is 6.20 Å². The van der Waals surface area contributed by atoms with E-state index in [0.717, 1.165) is 6.20 Å². The fourth-order valence-corrected chi connectivity index (χ4v) is 0.935. The van der Waals surface area contributed by atoms with Crippen LogP contribution in [-0.2, 0) is 6.42 Å². The van der Waals surface area contributed by atoms with Gasteiger partial charge in [-0.2, -0.15) is 0 Å². The number of nitrogens with one attached hydrogen (secondary N) is 1. The van der Waals surface area contributed by atoms with Gasteiger partial charge in [-0.3, -0.25) is 0 Å². The van der Waals surface area contributed by atoms with Gasteiger partial charge in [-0.1, -0.05) is 0 Å². The van der Waals surface area contributed by atoms with E-state index < -0.39 is 11.0 Å². The first-order chi connectivity index (χ1) is 6.13. The van der Waals surface area contributed by atoms with E-state index >= 15 is 0 Å². The Bertz CT molecular complexity index is 301. The summed E-state index contributed by atoms with van der Waals surface area (Å²) in [7, 11) is 0. The van der Waals surface area contributed by atoms with Crippen molar-refractivity contribution in [3.63, 3.8) is 0 Å². The van der Waals surface area contributed by atoms with E-state index in [1.807, 2.05) is 0 Å². The smallest absolute Gasteiger partial charge is 0.340 e. The summed E-state index contributed by atoms with van der Waals surface area (Å²) in [5.41, 5.74) is 0. The lowest BCUT2D eigenvalue weighted by Crippen LogP contribution is -2.12. The number of aromatic nitrogens is 2. The highest BCUT2D eigenvalue weighted by molar-refractivity contribution is 6.18. The molecule has 0 saturated carbocycles. The molecule has 1 aromatic rings. The summed E-state index contributed by atoms with van der Waals surface area (Å²) in [4.78, 5) is 15.8. The minimum atomic E-state index is -0.729. The molecule has 0 aliphatic carbocycles.